The summed E-state index contributed by atoms with van der Waals surface area (Å²) >= 11 is 0. The number of nitrogens with one attached hydrogen (secondary N) is 1. The quantitative estimate of drug-likeness (QED) is 0.869. The van der Waals surface area contributed by atoms with E-state index in [0.29, 0.717) is 6.04 Å². The Bertz CT molecular complexity index is 364. The Morgan fingerprint density at radius 3 is 2.61 bits per heavy atom. The van der Waals surface area contributed by atoms with Crippen molar-refractivity contribution >= 4 is 0 Å². The van der Waals surface area contributed by atoms with Crippen molar-refractivity contribution in [2.45, 2.75) is 65.5 Å². The molecule has 2 rings (SSSR count). The highest BCUT2D eigenvalue weighted by molar-refractivity contribution is 5.06. The number of hydrogen-bond donors (Lipinski definition) is 1. The standard InChI is InChI=1S/C15H27N3/c1-4-16-15(14-8-6-5-7-9-14)11-18-13(3)10-12(2)17-18/h10,14-16H,4-9,11H2,1-3H3. The summed E-state index contributed by atoms with van der Waals surface area (Å²) in [6.07, 6.45) is 7.01. The van der Waals surface area contributed by atoms with Crippen molar-refractivity contribution in [3.05, 3.63) is 17.5 Å². The monoisotopic (exact) mass is 249 g/mol. The Kier molecular flexibility index (Phi) is 4.81. The van der Waals surface area contributed by atoms with Crippen LogP contribution in [0.15, 0.2) is 6.07 Å². The van der Waals surface area contributed by atoms with Gasteiger partial charge in [0.15, 0.2) is 0 Å². The van der Waals surface area contributed by atoms with Crippen LogP contribution in [-0.4, -0.2) is 22.4 Å². The van der Waals surface area contributed by atoms with E-state index in [2.05, 4.69) is 41.9 Å². The van der Waals surface area contributed by atoms with Crippen LogP contribution in [0.3, 0.4) is 0 Å². The van der Waals surface area contributed by atoms with Gasteiger partial charge in [-0.1, -0.05) is 26.2 Å². The van der Waals surface area contributed by atoms with Gasteiger partial charge < -0.3 is 5.32 Å². The van der Waals surface area contributed by atoms with Gasteiger partial charge in [-0.15, -0.1) is 0 Å². The highest BCUT2D eigenvalue weighted by atomic mass is 15.3. The lowest BCUT2D eigenvalue weighted by atomic mass is 9.84. The van der Waals surface area contributed by atoms with E-state index >= 15 is 0 Å². The average Bonchev–Trinajstić information content (AvgIpc) is 2.68. The van der Waals surface area contributed by atoms with Crippen LogP contribution in [-0.2, 0) is 6.54 Å². The number of rotatable bonds is 5. The Morgan fingerprint density at radius 1 is 1.33 bits per heavy atom. The van der Waals surface area contributed by atoms with Crippen LogP contribution >= 0.6 is 0 Å². The van der Waals surface area contributed by atoms with Gasteiger partial charge in [-0.25, -0.2) is 0 Å². The molecule has 1 aliphatic carbocycles. The first-order valence-corrected chi connectivity index (χ1v) is 7.45. The first-order valence-electron chi connectivity index (χ1n) is 7.45. The lowest BCUT2D eigenvalue weighted by molar-refractivity contribution is 0.244. The smallest absolute Gasteiger partial charge is 0.0596 e. The second kappa shape index (κ2) is 6.37. The molecule has 102 valence electrons. The van der Waals surface area contributed by atoms with Gasteiger partial charge in [-0.05, 0) is 45.2 Å². The number of likely N-dealkylation sites (N-methyl/N-ethyl adjacent to an activating group) is 1. The predicted molar refractivity (Wildman–Crippen MR) is 75.7 cm³/mol. The van der Waals surface area contributed by atoms with Gasteiger partial charge in [0.25, 0.3) is 0 Å². The summed E-state index contributed by atoms with van der Waals surface area (Å²) in [6, 6.07) is 2.76. The second-order valence-electron chi connectivity index (χ2n) is 5.67. The van der Waals surface area contributed by atoms with Crippen molar-refractivity contribution in [2.24, 2.45) is 5.92 Å². The number of hydrogen-bond acceptors (Lipinski definition) is 2. The average molecular weight is 249 g/mol. The van der Waals surface area contributed by atoms with E-state index in [1.165, 1.54) is 37.8 Å². The largest absolute Gasteiger partial charge is 0.312 e. The first-order chi connectivity index (χ1) is 8.70. The van der Waals surface area contributed by atoms with Crippen molar-refractivity contribution < 1.29 is 0 Å². The molecule has 0 aromatic carbocycles. The molecule has 0 radical (unpaired) electrons. The van der Waals surface area contributed by atoms with Crippen molar-refractivity contribution in [1.82, 2.24) is 15.1 Å². The lowest BCUT2D eigenvalue weighted by Gasteiger charge is -2.31. The Balaban J connectivity index is 2.02. The van der Waals surface area contributed by atoms with Crippen LogP contribution in [0.5, 0.6) is 0 Å². The number of aromatic nitrogens is 2. The molecule has 1 unspecified atom stereocenters. The molecule has 0 amide bonds. The third kappa shape index (κ3) is 3.35. The Labute approximate surface area is 111 Å². The van der Waals surface area contributed by atoms with Gasteiger partial charge in [0.2, 0.25) is 0 Å². The van der Waals surface area contributed by atoms with Crippen LogP contribution < -0.4 is 5.32 Å². The van der Waals surface area contributed by atoms with E-state index in [0.717, 1.165) is 24.7 Å². The van der Waals surface area contributed by atoms with Crippen molar-refractivity contribution in [2.75, 3.05) is 6.54 Å². The lowest BCUT2D eigenvalue weighted by Crippen LogP contribution is -2.41. The molecule has 1 atom stereocenters. The number of aryl methyl sites for hydroxylation is 2. The number of nitrogens with zero attached hydrogens (tertiary/aromatic N) is 2. The van der Waals surface area contributed by atoms with Gasteiger partial charge in [-0.3, -0.25) is 4.68 Å². The summed E-state index contributed by atoms with van der Waals surface area (Å²) in [5.74, 6) is 0.836. The maximum atomic E-state index is 4.60. The molecule has 3 nitrogen and oxygen atoms in total. The summed E-state index contributed by atoms with van der Waals surface area (Å²) in [5, 5.41) is 8.28. The van der Waals surface area contributed by atoms with Crippen LogP contribution in [0.2, 0.25) is 0 Å². The summed E-state index contributed by atoms with van der Waals surface area (Å²) in [4.78, 5) is 0. The van der Waals surface area contributed by atoms with Crippen molar-refractivity contribution in [3.8, 4) is 0 Å². The molecule has 1 aromatic heterocycles. The fourth-order valence-corrected chi connectivity index (χ4v) is 3.23. The Hall–Kier alpha value is -0.830. The maximum absolute atomic E-state index is 4.60. The normalized spacial score (nSPS) is 19.1. The predicted octanol–water partition coefficient (Wildman–Crippen LogP) is 3.06. The second-order valence-corrected chi connectivity index (χ2v) is 5.67. The molecule has 1 saturated carbocycles. The summed E-state index contributed by atoms with van der Waals surface area (Å²) in [7, 11) is 0. The zero-order chi connectivity index (χ0) is 13.0. The molecule has 0 saturated heterocycles. The van der Waals surface area contributed by atoms with Crippen LogP contribution in [0.1, 0.15) is 50.4 Å². The molecule has 18 heavy (non-hydrogen) atoms. The summed E-state index contributed by atoms with van der Waals surface area (Å²) in [5.41, 5.74) is 2.41. The third-order valence-corrected chi connectivity index (χ3v) is 4.16. The van der Waals surface area contributed by atoms with Crippen molar-refractivity contribution in [1.29, 1.82) is 0 Å². The highest BCUT2D eigenvalue weighted by Gasteiger charge is 2.23. The molecule has 1 heterocycles. The van der Waals surface area contributed by atoms with Gasteiger partial charge in [0.1, 0.15) is 0 Å². The molecule has 0 aliphatic heterocycles. The minimum atomic E-state index is 0.591. The van der Waals surface area contributed by atoms with Crippen LogP contribution in [0.25, 0.3) is 0 Å². The molecule has 0 bridgehead atoms. The zero-order valence-electron chi connectivity index (χ0n) is 12.1. The minimum absolute atomic E-state index is 0.591. The van der Waals surface area contributed by atoms with E-state index < -0.39 is 0 Å². The summed E-state index contributed by atoms with van der Waals surface area (Å²) in [6.45, 7) is 8.52. The summed E-state index contributed by atoms with van der Waals surface area (Å²) < 4.78 is 2.18. The minimum Gasteiger partial charge on any atom is -0.312 e. The third-order valence-electron chi connectivity index (χ3n) is 4.16. The van der Waals surface area contributed by atoms with Gasteiger partial charge in [-0.2, -0.15) is 5.10 Å². The Morgan fingerprint density at radius 2 is 2.06 bits per heavy atom. The molecule has 0 spiro atoms. The molecule has 3 heteroatoms. The SMILES string of the molecule is CCNC(Cn1nc(C)cc1C)C1CCCCC1. The van der Waals surface area contributed by atoms with Crippen LogP contribution in [0, 0.1) is 19.8 Å². The van der Waals surface area contributed by atoms with E-state index in [-0.39, 0.29) is 0 Å². The molecular formula is C15H27N3. The topological polar surface area (TPSA) is 29.9 Å². The maximum Gasteiger partial charge on any atom is 0.0596 e. The molecular weight excluding hydrogens is 222 g/mol. The van der Waals surface area contributed by atoms with Gasteiger partial charge >= 0.3 is 0 Å². The first kappa shape index (κ1) is 13.6. The molecule has 1 N–H and O–H groups in total. The highest BCUT2D eigenvalue weighted by Crippen LogP contribution is 2.27. The molecule has 1 fully saturated rings. The van der Waals surface area contributed by atoms with Gasteiger partial charge in [0, 0.05) is 11.7 Å². The van der Waals surface area contributed by atoms with Crippen LogP contribution in [0.4, 0.5) is 0 Å². The zero-order valence-corrected chi connectivity index (χ0v) is 12.1. The van der Waals surface area contributed by atoms with E-state index in [9.17, 15) is 0 Å². The van der Waals surface area contributed by atoms with E-state index in [4.69, 9.17) is 0 Å². The molecule has 1 aromatic rings. The fraction of sp³-hybridized carbons (Fsp3) is 0.800. The fourth-order valence-electron chi connectivity index (χ4n) is 3.23. The van der Waals surface area contributed by atoms with Crippen molar-refractivity contribution in [3.63, 3.8) is 0 Å². The van der Waals surface area contributed by atoms with Gasteiger partial charge in [0.05, 0.1) is 12.2 Å². The molecule has 1 aliphatic rings. The van der Waals surface area contributed by atoms with E-state index in [1.807, 2.05) is 0 Å². The van der Waals surface area contributed by atoms with E-state index in [1.54, 1.807) is 0 Å².